The van der Waals surface area contributed by atoms with Gasteiger partial charge in [0.1, 0.15) is 6.04 Å². The Morgan fingerprint density at radius 3 is 2.38 bits per heavy atom. The number of aliphatic hydroxyl groups is 1. The number of halogens is 1. The van der Waals surface area contributed by atoms with Crippen molar-refractivity contribution in [2.45, 2.75) is 25.0 Å². The molecule has 2 atom stereocenters. The van der Waals surface area contributed by atoms with Crippen LogP contribution in [0.4, 0.5) is 0 Å². The molecule has 0 unspecified atom stereocenters. The summed E-state index contributed by atoms with van der Waals surface area (Å²) in [5.41, 5.74) is 6.34. The molecule has 0 amide bonds. The van der Waals surface area contributed by atoms with Gasteiger partial charge in [0.15, 0.2) is 0 Å². The van der Waals surface area contributed by atoms with E-state index in [2.05, 4.69) is 0 Å². The third kappa shape index (κ3) is 4.61. The Morgan fingerprint density at radius 1 is 1.31 bits per heavy atom. The first-order valence-corrected chi connectivity index (χ1v) is 4.81. The van der Waals surface area contributed by atoms with Gasteiger partial charge >= 0.3 is 5.97 Å². The third-order valence-corrected chi connectivity index (χ3v) is 2.27. The Hall–Kier alpha value is -1.10. The summed E-state index contributed by atoms with van der Waals surface area (Å²) in [6.07, 6.45) is -0.0109. The fraction of sp³-hybridized carbons (Fsp3) is 0.364. The van der Waals surface area contributed by atoms with Gasteiger partial charge in [-0.05, 0) is 18.4 Å². The number of carboxylic acids is 1. The van der Waals surface area contributed by atoms with Crippen molar-refractivity contribution in [3.05, 3.63) is 35.9 Å². The molecule has 0 bridgehead atoms. The molecule has 0 aliphatic rings. The quantitative estimate of drug-likeness (QED) is 0.717. The van der Waals surface area contributed by atoms with E-state index >= 15 is 0 Å². The summed E-state index contributed by atoms with van der Waals surface area (Å²) in [7, 11) is 0. The number of hydrogen-bond acceptors (Lipinski definition) is 3. The van der Waals surface area contributed by atoms with Crippen molar-refractivity contribution < 1.29 is 15.0 Å². The number of carbonyl (C=O) groups is 1. The minimum absolute atomic E-state index is 0. The van der Waals surface area contributed by atoms with E-state index in [-0.39, 0.29) is 12.4 Å². The van der Waals surface area contributed by atoms with E-state index in [9.17, 15) is 9.90 Å². The maximum absolute atomic E-state index is 10.5. The molecule has 0 saturated heterocycles. The molecular formula is C11H16ClNO3. The standard InChI is InChI=1S/C11H15NO3.ClH/c12-10(11(14)15)9(13)7-6-8-4-2-1-3-5-8;/h1-5,9-10,13H,6-7,12H2,(H,14,15);1H/t9-,10+;/m1./s1. The van der Waals surface area contributed by atoms with Gasteiger partial charge in [-0.2, -0.15) is 0 Å². The first-order chi connectivity index (χ1) is 7.11. The van der Waals surface area contributed by atoms with E-state index in [0.29, 0.717) is 12.8 Å². The van der Waals surface area contributed by atoms with Crippen LogP contribution in [0, 0.1) is 0 Å². The topological polar surface area (TPSA) is 83.6 Å². The molecule has 1 aromatic rings. The number of aliphatic carboxylic acids is 1. The van der Waals surface area contributed by atoms with Crippen molar-refractivity contribution in [2.75, 3.05) is 0 Å². The smallest absolute Gasteiger partial charge is 0.323 e. The van der Waals surface area contributed by atoms with Crippen molar-refractivity contribution in [3.8, 4) is 0 Å². The normalized spacial score (nSPS) is 13.6. The molecule has 1 aromatic carbocycles. The van der Waals surface area contributed by atoms with E-state index in [1.807, 2.05) is 30.3 Å². The number of aliphatic hydroxyl groups excluding tert-OH is 1. The molecule has 5 heteroatoms. The highest BCUT2D eigenvalue weighted by atomic mass is 35.5. The first kappa shape index (κ1) is 14.9. The lowest BCUT2D eigenvalue weighted by Gasteiger charge is -2.14. The summed E-state index contributed by atoms with van der Waals surface area (Å²) in [6, 6.07) is 8.37. The van der Waals surface area contributed by atoms with Crippen LogP contribution in [0.3, 0.4) is 0 Å². The summed E-state index contributed by atoms with van der Waals surface area (Å²) < 4.78 is 0. The first-order valence-electron chi connectivity index (χ1n) is 4.81. The highest BCUT2D eigenvalue weighted by molar-refractivity contribution is 5.85. The van der Waals surface area contributed by atoms with Crippen LogP contribution < -0.4 is 5.73 Å². The van der Waals surface area contributed by atoms with Crippen LogP contribution in [0.25, 0.3) is 0 Å². The van der Waals surface area contributed by atoms with Gasteiger partial charge in [-0.15, -0.1) is 12.4 Å². The average Bonchev–Trinajstić information content (AvgIpc) is 2.26. The van der Waals surface area contributed by atoms with Crippen molar-refractivity contribution in [1.29, 1.82) is 0 Å². The molecular weight excluding hydrogens is 230 g/mol. The van der Waals surface area contributed by atoms with Crippen LogP contribution in [0.5, 0.6) is 0 Å². The Labute approximate surface area is 100 Å². The fourth-order valence-corrected chi connectivity index (χ4v) is 1.30. The maximum Gasteiger partial charge on any atom is 0.323 e. The van der Waals surface area contributed by atoms with Crippen LogP contribution >= 0.6 is 12.4 Å². The predicted molar refractivity (Wildman–Crippen MR) is 63.6 cm³/mol. The molecule has 0 fully saturated rings. The van der Waals surface area contributed by atoms with Crippen LogP contribution in [0.15, 0.2) is 30.3 Å². The number of rotatable bonds is 5. The maximum atomic E-state index is 10.5. The van der Waals surface area contributed by atoms with Crippen molar-refractivity contribution in [2.24, 2.45) is 5.73 Å². The molecule has 4 N–H and O–H groups in total. The van der Waals surface area contributed by atoms with Crippen molar-refractivity contribution in [3.63, 3.8) is 0 Å². The molecule has 4 nitrogen and oxygen atoms in total. The molecule has 0 aliphatic heterocycles. The van der Waals surface area contributed by atoms with Gasteiger partial charge in [-0.3, -0.25) is 4.79 Å². The summed E-state index contributed by atoms with van der Waals surface area (Å²) in [4.78, 5) is 10.5. The minimum Gasteiger partial charge on any atom is -0.480 e. The van der Waals surface area contributed by atoms with E-state index < -0.39 is 18.1 Å². The number of aryl methyl sites for hydroxylation is 1. The zero-order chi connectivity index (χ0) is 11.3. The average molecular weight is 246 g/mol. The zero-order valence-electron chi connectivity index (χ0n) is 8.74. The number of hydrogen-bond donors (Lipinski definition) is 3. The van der Waals surface area contributed by atoms with Crippen LogP contribution in [0.2, 0.25) is 0 Å². The summed E-state index contributed by atoms with van der Waals surface area (Å²) in [5.74, 6) is -1.17. The molecule has 0 aromatic heterocycles. The molecule has 0 heterocycles. The van der Waals surface area contributed by atoms with E-state index in [0.717, 1.165) is 5.56 Å². The largest absolute Gasteiger partial charge is 0.480 e. The lowest BCUT2D eigenvalue weighted by Crippen LogP contribution is -2.41. The molecule has 0 radical (unpaired) electrons. The second-order valence-corrected chi connectivity index (χ2v) is 3.46. The lowest BCUT2D eigenvalue weighted by atomic mass is 10.0. The Balaban J connectivity index is 0.00000225. The highest BCUT2D eigenvalue weighted by Crippen LogP contribution is 2.06. The molecule has 0 saturated carbocycles. The Morgan fingerprint density at radius 2 is 1.88 bits per heavy atom. The molecule has 0 spiro atoms. The van der Waals surface area contributed by atoms with E-state index in [1.165, 1.54) is 0 Å². The van der Waals surface area contributed by atoms with Gasteiger partial charge in [0, 0.05) is 0 Å². The second-order valence-electron chi connectivity index (χ2n) is 3.46. The summed E-state index contributed by atoms with van der Waals surface area (Å²) >= 11 is 0. The number of nitrogens with two attached hydrogens (primary N) is 1. The van der Waals surface area contributed by atoms with Crippen LogP contribution in [0.1, 0.15) is 12.0 Å². The fourth-order valence-electron chi connectivity index (χ4n) is 1.30. The Bertz CT molecular complexity index is 318. The summed E-state index contributed by atoms with van der Waals surface area (Å²) in [6.45, 7) is 0. The number of carboxylic acid groups (broad SMARTS) is 1. The molecule has 16 heavy (non-hydrogen) atoms. The Kier molecular flexibility index (Phi) is 6.72. The van der Waals surface area contributed by atoms with Gasteiger partial charge in [-0.25, -0.2) is 0 Å². The van der Waals surface area contributed by atoms with Gasteiger partial charge in [-0.1, -0.05) is 30.3 Å². The minimum atomic E-state index is -1.20. The van der Waals surface area contributed by atoms with Gasteiger partial charge < -0.3 is 15.9 Å². The predicted octanol–water partition coefficient (Wildman–Crippen LogP) is 0.814. The summed E-state index contributed by atoms with van der Waals surface area (Å²) in [5, 5.41) is 18.0. The van der Waals surface area contributed by atoms with Gasteiger partial charge in [0.05, 0.1) is 6.10 Å². The molecule has 90 valence electrons. The third-order valence-electron chi connectivity index (χ3n) is 2.27. The SMILES string of the molecule is Cl.N[C@H](C(=O)O)[C@H](O)CCc1ccccc1. The van der Waals surface area contributed by atoms with Gasteiger partial charge in [0.2, 0.25) is 0 Å². The van der Waals surface area contributed by atoms with Crippen molar-refractivity contribution >= 4 is 18.4 Å². The van der Waals surface area contributed by atoms with Crippen LogP contribution in [-0.4, -0.2) is 28.3 Å². The van der Waals surface area contributed by atoms with Crippen LogP contribution in [-0.2, 0) is 11.2 Å². The van der Waals surface area contributed by atoms with E-state index in [4.69, 9.17) is 10.8 Å². The second kappa shape index (κ2) is 7.22. The van der Waals surface area contributed by atoms with Gasteiger partial charge in [0.25, 0.3) is 0 Å². The zero-order valence-corrected chi connectivity index (χ0v) is 9.56. The lowest BCUT2D eigenvalue weighted by molar-refractivity contribution is -0.141. The van der Waals surface area contributed by atoms with Crippen molar-refractivity contribution in [1.82, 2.24) is 0 Å². The monoisotopic (exact) mass is 245 g/mol. The number of benzene rings is 1. The molecule has 1 rings (SSSR count). The highest BCUT2D eigenvalue weighted by Gasteiger charge is 2.21. The van der Waals surface area contributed by atoms with E-state index in [1.54, 1.807) is 0 Å². The molecule has 0 aliphatic carbocycles.